The van der Waals surface area contributed by atoms with Crippen LogP contribution in [-0.4, -0.2) is 29.8 Å². The molecule has 1 aliphatic heterocycles. The van der Waals surface area contributed by atoms with Crippen LogP contribution in [0, 0.1) is 11.3 Å². The molecule has 2 aromatic rings. The van der Waals surface area contributed by atoms with Crippen LogP contribution in [0.2, 0.25) is 0 Å². The number of carbonyl (C=O) groups excluding carboxylic acids is 2. The minimum Gasteiger partial charge on any atom is -0.369 e. The van der Waals surface area contributed by atoms with Crippen molar-refractivity contribution in [1.82, 2.24) is 4.90 Å². The van der Waals surface area contributed by atoms with Crippen molar-refractivity contribution in [1.29, 1.82) is 0 Å². The van der Waals surface area contributed by atoms with Crippen molar-refractivity contribution in [3.8, 4) is 10.4 Å². The number of nitrogens with two attached hydrogens (primary N) is 1. The third kappa shape index (κ3) is 4.30. The summed E-state index contributed by atoms with van der Waals surface area (Å²) in [6.45, 7) is 5.35. The van der Waals surface area contributed by atoms with Gasteiger partial charge in [0.1, 0.15) is 0 Å². The highest BCUT2D eigenvalue weighted by atomic mass is 32.1. The van der Waals surface area contributed by atoms with E-state index >= 15 is 0 Å². The number of likely N-dealkylation sites (tertiary alicyclic amines) is 1. The largest absolute Gasteiger partial charge is 0.369 e. The first-order valence-corrected chi connectivity index (χ1v) is 11.1. The Morgan fingerprint density at radius 2 is 1.86 bits per heavy atom. The van der Waals surface area contributed by atoms with Gasteiger partial charge in [-0.25, -0.2) is 0 Å². The minimum atomic E-state index is -0.571. The van der Waals surface area contributed by atoms with Gasteiger partial charge in [-0.15, -0.1) is 11.3 Å². The highest BCUT2D eigenvalue weighted by Gasteiger charge is 2.41. The van der Waals surface area contributed by atoms with E-state index in [2.05, 4.69) is 43.5 Å². The molecule has 0 spiro atoms. The van der Waals surface area contributed by atoms with Gasteiger partial charge in [0.05, 0.1) is 5.41 Å². The molecule has 28 heavy (non-hydrogen) atoms. The van der Waals surface area contributed by atoms with E-state index < -0.39 is 5.41 Å². The molecule has 1 aromatic heterocycles. The fourth-order valence-electron chi connectivity index (χ4n) is 4.23. The van der Waals surface area contributed by atoms with Crippen molar-refractivity contribution in [3.05, 3.63) is 47.3 Å². The monoisotopic (exact) mass is 398 g/mol. The Bertz CT molecular complexity index is 804. The number of piperidine rings is 1. The molecule has 0 aliphatic carbocycles. The van der Waals surface area contributed by atoms with Gasteiger partial charge in [0.2, 0.25) is 11.8 Å². The van der Waals surface area contributed by atoms with Gasteiger partial charge in [-0.3, -0.25) is 9.59 Å². The van der Waals surface area contributed by atoms with Crippen molar-refractivity contribution < 1.29 is 9.59 Å². The zero-order chi connectivity index (χ0) is 20.1. The van der Waals surface area contributed by atoms with Gasteiger partial charge >= 0.3 is 0 Å². The van der Waals surface area contributed by atoms with Gasteiger partial charge in [0.15, 0.2) is 0 Å². The fraction of sp³-hybridized carbons (Fsp3) is 0.478. The lowest BCUT2D eigenvalue weighted by atomic mass is 9.73. The average Bonchev–Trinajstić information content (AvgIpc) is 3.24. The number of rotatable bonds is 7. The van der Waals surface area contributed by atoms with E-state index in [1.54, 1.807) is 11.3 Å². The summed E-state index contributed by atoms with van der Waals surface area (Å²) in [5.74, 6) is 0.0648. The Morgan fingerprint density at radius 1 is 1.14 bits per heavy atom. The lowest BCUT2D eigenvalue weighted by Crippen LogP contribution is -2.51. The Kier molecular flexibility index (Phi) is 6.55. The Morgan fingerprint density at radius 3 is 2.43 bits per heavy atom. The van der Waals surface area contributed by atoms with E-state index in [-0.39, 0.29) is 17.7 Å². The number of nitrogens with zero attached hydrogens (tertiary/aromatic N) is 1. The summed E-state index contributed by atoms with van der Waals surface area (Å²) in [6, 6.07) is 12.5. The molecule has 0 atom stereocenters. The molecule has 3 rings (SSSR count). The average molecular weight is 399 g/mol. The van der Waals surface area contributed by atoms with Crippen LogP contribution < -0.4 is 5.73 Å². The molecule has 0 radical (unpaired) electrons. The number of primary amides is 1. The predicted octanol–water partition coefficient (Wildman–Crippen LogP) is 4.49. The number of benzene rings is 1. The second kappa shape index (κ2) is 8.91. The van der Waals surface area contributed by atoms with Crippen LogP contribution in [0.1, 0.15) is 45.1 Å². The third-order valence-corrected chi connectivity index (χ3v) is 7.08. The number of hydrogen-bond acceptors (Lipinski definition) is 3. The van der Waals surface area contributed by atoms with Gasteiger partial charge in [-0.2, -0.15) is 0 Å². The Labute approximate surface area is 171 Å². The quantitative estimate of drug-likeness (QED) is 0.747. The number of hydrogen-bond donors (Lipinski definition) is 1. The van der Waals surface area contributed by atoms with Crippen LogP contribution >= 0.6 is 11.3 Å². The number of carbonyl (C=O) groups is 2. The van der Waals surface area contributed by atoms with E-state index in [1.165, 1.54) is 10.4 Å². The molecule has 1 fully saturated rings. The zero-order valence-electron chi connectivity index (χ0n) is 16.8. The molecule has 2 heterocycles. The first kappa shape index (κ1) is 20.6. The second-order valence-corrected chi connectivity index (χ2v) is 8.79. The molecule has 1 aromatic carbocycles. The van der Waals surface area contributed by atoms with E-state index in [9.17, 15) is 9.59 Å². The van der Waals surface area contributed by atoms with E-state index in [4.69, 9.17) is 5.73 Å². The van der Waals surface area contributed by atoms with Gasteiger partial charge < -0.3 is 10.6 Å². The molecule has 2 amide bonds. The van der Waals surface area contributed by atoms with Gasteiger partial charge in [0.25, 0.3) is 0 Å². The Balaban J connectivity index is 1.74. The summed E-state index contributed by atoms with van der Waals surface area (Å²) in [5, 5.41) is 2.07. The first-order valence-electron chi connectivity index (χ1n) is 10.2. The predicted molar refractivity (Wildman–Crippen MR) is 115 cm³/mol. The van der Waals surface area contributed by atoms with Crippen LogP contribution in [-0.2, 0) is 16.0 Å². The summed E-state index contributed by atoms with van der Waals surface area (Å²) < 4.78 is 0. The summed E-state index contributed by atoms with van der Waals surface area (Å²) in [7, 11) is 0. The summed E-state index contributed by atoms with van der Waals surface area (Å²) in [4.78, 5) is 28.3. The van der Waals surface area contributed by atoms with E-state index in [0.717, 1.165) is 18.4 Å². The molecule has 0 unspecified atom stereocenters. The standard InChI is InChI=1S/C23H30N2O2S/c1-3-18(4-2)21(26)25-12-10-23(11-13-25,22(24)27)16-17-7-5-8-19(15-17)20-9-6-14-28-20/h5-9,14-15,18H,3-4,10-13,16H2,1-2H3,(H2,24,27). The molecule has 0 saturated carbocycles. The first-order chi connectivity index (χ1) is 13.5. The lowest BCUT2D eigenvalue weighted by Gasteiger charge is -2.40. The van der Waals surface area contributed by atoms with Crippen LogP contribution in [0.3, 0.4) is 0 Å². The fourth-order valence-corrected chi connectivity index (χ4v) is 4.95. The van der Waals surface area contributed by atoms with Crippen molar-refractivity contribution in [2.45, 2.75) is 46.0 Å². The summed E-state index contributed by atoms with van der Waals surface area (Å²) in [6.07, 6.45) is 3.63. The van der Waals surface area contributed by atoms with Crippen LogP contribution in [0.4, 0.5) is 0 Å². The second-order valence-electron chi connectivity index (χ2n) is 7.84. The zero-order valence-corrected chi connectivity index (χ0v) is 17.6. The van der Waals surface area contributed by atoms with Crippen LogP contribution in [0.5, 0.6) is 0 Å². The summed E-state index contributed by atoms with van der Waals surface area (Å²) in [5.41, 5.74) is 7.61. The molecule has 0 bridgehead atoms. The van der Waals surface area contributed by atoms with Crippen molar-refractivity contribution in [2.75, 3.05) is 13.1 Å². The lowest BCUT2D eigenvalue weighted by molar-refractivity contribution is -0.142. The number of thiophene rings is 1. The van der Waals surface area contributed by atoms with Gasteiger partial charge in [-0.05, 0) is 54.7 Å². The molecule has 4 nitrogen and oxygen atoms in total. The SMILES string of the molecule is CCC(CC)C(=O)N1CCC(Cc2cccc(-c3cccs3)c2)(C(N)=O)CC1. The molecular formula is C23H30N2O2S. The topological polar surface area (TPSA) is 63.4 Å². The number of amides is 2. The molecule has 150 valence electrons. The maximum absolute atomic E-state index is 12.7. The molecule has 2 N–H and O–H groups in total. The maximum atomic E-state index is 12.7. The summed E-state index contributed by atoms with van der Waals surface area (Å²) >= 11 is 1.71. The normalized spacial score (nSPS) is 16.3. The Hall–Kier alpha value is -2.14. The molecule has 1 aliphatic rings. The highest BCUT2D eigenvalue weighted by molar-refractivity contribution is 7.13. The van der Waals surface area contributed by atoms with E-state index in [0.29, 0.717) is 32.4 Å². The van der Waals surface area contributed by atoms with E-state index in [1.807, 2.05) is 17.0 Å². The van der Waals surface area contributed by atoms with Crippen molar-refractivity contribution >= 4 is 23.2 Å². The van der Waals surface area contributed by atoms with Gasteiger partial charge in [0, 0.05) is 23.9 Å². The minimum absolute atomic E-state index is 0.0866. The highest BCUT2D eigenvalue weighted by Crippen LogP contribution is 2.37. The third-order valence-electron chi connectivity index (χ3n) is 6.16. The van der Waals surface area contributed by atoms with Crippen molar-refractivity contribution in [3.63, 3.8) is 0 Å². The van der Waals surface area contributed by atoms with Crippen LogP contribution in [0.25, 0.3) is 10.4 Å². The molecular weight excluding hydrogens is 368 g/mol. The van der Waals surface area contributed by atoms with Crippen molar-refractivity contribution in [2.24, 2.45) is 17.1 Å². The van der Waals surface area contributed by atoms with Gasteiger partial charge in [-0.1, -0.05) is 44.2 Å². The maximum Gasteiger partial charge on any atom is 0.225 e. The smallest absolute Gasteiger partial charge is 0.225 e. The molecule has 5 heteroatoms. The van der Waals surface area contributed by atoms with Crippen LogP contribution in [0.15, 0.2) is 41.8 Å². The molecule has 1 saturated heterocycles.